The molecule has 0 aliphatic carbocycles. The molecule has 2 N–H and O–H groups in total. The summed E-state index contributed by atoms with van der Waals surface area (Å²) in [5.74, 6) is 0. The Balaban J connectivity index is 0.000000246. The van der Waals surface area contributed by atoms with E-state index < -0.39 is 6.29 Å². The largest absolute Gasteiger partial charge is 2.00 e. The van der Waals surface area contributed by atoms with Gasteiger partial charge in [-0.05, 0) is 0 Å². The van der Waals surface area contributed by atoms with Gasteiger partial charge < -0.3 is 10.2 Å². The van der Waals surface area contributed by atoms with Crippen LogP contribution >= 0.6 is 0 Å². The second-order valence-electron chi connectivity index (χ2n) is 2.55. The van der Waals surface area contributed by atoms with Gasteiger partial charge in [-0.3, -0.25) is 0 Å². The van der Waals surface area contributed by atoms with Crippen molar-refractivity contribution in [3.63, 3.8) is 0 Å². The van der Waals surface area contributed by atoms with Crippen LogP contribution in [0.15, 0.2) is 54.6 Å². The molecule has 0 amide bonds. The Morgan fingerprint density at radius 1 is 1.00 bits per heavy atom. The van der Waals surface area contributed by atoms with Crippen LogP contribution in [0.2, 0.25) is 0 Å². The molecule has 0 aliphatic rings. The molecule has 0 spiro atoms. The topological polar surface area (TPSA) is 40.5 Å². The predicted octanol–water partition coefficient (Wildman–Crippen LogP) is 1.79. The van der Waals surface area contributed by atoms with Gasteiger partial charge >= 0.3 is 17.1 Å². The minimum Gasteiger partial charge on any atom is -0.366 e. The van der Waals surface area contributed by atoms with Gasteiger partial charge in [-0.1, -0.05) is 0 Å². The molecule has 0 atom stereocenters. The summed E-state index contributed by atoms with van der Waals surface area (Å²) < 4.78 is 0. The summed E-state index contributed by atoms with van der Waals surface area (Å²) in [7, 11) is 0. The third-order valence-electron chi connectivity index (χ3n) is 1.54. The summed E-state index contributed by atoms with van der Waals surface area (Å²) in [6.07, 6.45) is -1.31. The summed E-state index contributed by atoms with van der Waals surface area (Å²) >= 11 is 0. The van der Waals surface area contributed by atoms with Crippen LogP contribution in [0.4, 0.5) is 0 Å². The SMILES string of the molecule is OC(O)c1ccc[cH-]1.[Fe+2].c1cc[cH-]c1. The molecule has 0 unspecified atom stereocenters. The molecule has 3 heteroatoms. The molecule has 0 aliphatic heterocycles. The second kappa shape index (κ2) is 7.53. The van der Waals surface area contributed by atoms with Crippen molar-refractivity contribution in [3.05, 3.63) is 60.2 Å². The van der Waals surface area contributed by atoms with Gasteiger partial charge in [0.2, 0.25) is 0 Å². The smallest absolute Gasteiger partial charge is 0.366 e. The zero-order valence-electron chi connectivity index (χ0n) is 7.52. The Morgan fingerprint density at radius 3 is 1.86 bits per heavy atom. The first-order chi connectivity index (χ1) is 6.30. The van der Waals surface area contributed by atoms with Crippen molar-refractivity contribution < 1.29 is 27.3 Å². The van der Waals surface area contributed by atoms with Crippen LogP contribution in [0, 0.1) is 0 Å². The zero-order valence-corrected chi connectivity index (χ0v) is 8.63. The van der Waals surface area contributed by atoms with Gasteiger partial charge in [0, 0.05) is 0 Å². The number of rotatable bonds is 1. The summed E-state index contributed by atoms with van der Waals surface area (Å²) in [5.41, 5.74) is 0.546. The van der Waals surface area contributed by atoms with E-state index in [1.165, 1.54) is 0 Å². The molecule has 0 aromatic heterocycles. The fourth-order valence-corrected chi connectivity index (χ4v) is 0.882. The van der Waals surface area contributed by atoms with E-state index in [1.54, 1.807) is 24.3 Å². The first kappa shape index (κ1) is 13.1. The van der Waals surface area contributed by atoms with Gasteiger partial charge in [0.05, 0.1) is 0 Å². The normalized spacial score (nSPS) is 8.79. The van der Waals surface area contributed by atoms with E-state index in [0.717, 1.165) is 0 Å². The van der Waals surface area contributed by atoms with Gasteiger partial charge in [-0.15, -0.1) is 5.56 Å². The maximum atomic E-state index is 8.47. The minimum atomic E-state index is -1.31. The summed E-state index contributed by atoms with van der Waals surface area (Å²) in [4.78, 5) is 0. The maximum Gasteiger partial charge on any atom is 2.00 e. The molecule has 14 heavy (non-hydrogen) atoms. The van der Waals surface area contributed by atoms with Crippen LogP contribution in [0.1, 0.15) is 11.9 Å². The number of hydrogen-bond donors (Lipinski definition) is 2. The predicted molar refractivity (Wildman–Crippen MR) is 51.2 cm³/mol. The standard InChI is InChI=1S/C6H7O2.C5H5.Fe/c7-6(8)5-3-1-2-4-5;1-2-4-5-3-1;/h1-4,6-8H;1-5H;/q2*-1;+2. The van der Waals surface area contributed by atoms with E-state index >= 15 is 0 Å². The van der Waals surface area contributed by atoms with E-state index in [2.05, 4.69) is 0 Å². The molecule has 2 aromatic carbocycles. The monoisotopic (exact) mass is 232 g/mol. The van der Waals surface area contributed by atoms with E-state index in [9.17, 15) is 0 Å². The van der Waals surface area contributed by atoms with Crippen molar-refractivity contribution in [2.75, 3.05) is 0 Å². The molecule has 0 saturated heterocycles. The number of aliphatic hydroxyl groups excluding tert-OH is 1. The molecule has 76 valence electrons. The zero-order chi connectivity index (χ0) is 9.52. The minimum absolute atomic E-state index is 0. The fourth-order valence-electron chi connectivity index (χ4n) is 0.882. The third kappa shape index (κ3) is 5.00. The van der Waals surface area contributed by atoms with Gasteiger partial charge in [0.1, 0.15) is 0 Å². The summed E-state index contributed by atoms with van der Waals surface area (Å²) in [5, 5.41) is 16.9. The number of hydrogen-bond acceptors (Lipinski definition) is 2. The van der Waals surface area contributed by atoms with E-state index in [0.29, 0.717) is 5.56 Å². The molecule has 2 aromatic rings. The second-order valence-corrected chi connectivity index (χ2v) is 2.55. The summed E-state index contributed by atoms with van der Waals surface area (Å²) in [6, 6.07) is 16.8. The van der Waals surface area contributed by atoms with Gasteiger partial charge in [0.25, 0.3) is 0 Å². The van der Waals surface area contributed by atoms with Crippen LogP contribution in [-0.4, -0.2) is 10.2 Å². The van der Waals surface area contributed by atoms with Crippen LogP contribution in [0.25, 0.3) is 0 Å². The molecule has 0 bridgehead atoms. The van der Waals surface area contributed by atoms with Crippen molar-refractivity contribution in [3.8, 4) is 0 Å². The summed E-state index contributed by atoms with van der Waals surface area (Å²) in [6.45, 7) is 0. The van der Waals surface area contributed by atoms with Crippen molar-refractivity contribution in [2.45, 2.75) is 6.29 Å². The molecule has 2 rings (SSSR count). The van der Waals surface area contributed by atoms with Crippen LogP contribution < -0.4 is 0 Å². The molecule has 0 heterocycles. The van der Waals surface area contributed by atoms with Crippen molar-refractivity contribution in [1.29, 1.82) is 0 Å². The Hall–Kier alpha value is -0.861. The third-order valence-corrected chi connectivity index (χ3v) is 1.54. The van der Waals surface area contributed by atoms with Crippen LogP contribution in [0.3, 0.4) is 0 Å². The van der Waals surface area contributed by atoms with E-state index in [1.807, 2.05) is 30.3 Å². The quantitative estimate of drug-likeness (QED) is 0.447. The Labute approximate surface area is 94.0 Å². The average Bonchev–Trinajstić information content (AvgIpc) is 2.82. The Bertz CT molecular complexity index is 268. The molecular weight excluding hydrogens is 220 g/mol. The van der Waals surface area contributed by atoms with E-state index in [-0.39, 0.29) is 17.1 Å². The molecule has 0 radical (unpaired) electrons. The molecule has 0 saturated carbocycles. The van der Waals surface area contributed by atoms with Crippen molar-refractivity contribution >= 4 is 0 Å². The van der Waals surface area contributed by atoms with Crippen molar-refractivity contribution in [1.82, 2.24) is 0 Å². The van der Waals surface area contributed by atoms with Gasteiger partial charge in [0.15, 0.2) is 6.29 Å². The van der Waals surface area contributed by atoms with Gasteiger partial charge in [-0.2, -0.15) is 30.3 Å². The Kier molecular flexibility index (Phi) is 7.07. The molecule has 2 nitrogen and oxygen atoms in total. The Morgan fingerprint density at radius 2 is 1.64 bits per heavy atom. The fraction of sp³-hybridized carbons (Fsp3) is 0.0909. The first-order valence-corrected chi connectivity index (χ1v) is 4.05. The maximum absolute atomic E-state index is 8.47. The first-order valence-electron chi connectivity index (χ1n) is 4.05. The van der Waals surface area contributed by atoms with E-state index in [4.69, 9.17) is 10.2 Å². The van der Waals surface area contributed by atoms with Crippen LogP contribution in [0.5, 0.6) is 0 Å². The van der Waals surface area contributed by atoms with Crippen LogP contribution in [-0.2, 0) is 17.1 Å². The molecular formula is C11H12FeO2. The number of aliphatic hydroxyl groups is 2. The van der Waals surface area contributed by atoms with Crippen molar-refractivity contribution in [2.24, 2.45) is 0 Å². The molecule has 0 fully saturated rings. The van der Waals surface area contributed by atoms with Gasteiger partial charge in [-0.25, -0.2) is 24.3 Å². The average molecular weight is 232 g/mol.